The van der Waals surface area contributed by atoms with Crippen LogP contribution in [0.5, 0.6) is 0 Å². The molecule has 6 nitrogen and oxygen atoms in total. The summed E-state index contributed by atoms with van der Waals surface area (Å²) in [6.07, 6.45) is 4.96. The predicted octanol–water partition coefficient (Wildman–Crippen LogP) is 1.23. The van der Waals surface area contributed by atoms with Crippen molar-refractivity contribution in [2.24, 2.45) is 0 Å². The van der Waals surface area contributed by atoms with Gasteiger partial charge in [-0.25, -0.2) is 23.1 Å². The summed E-state index contributed by atoms with van der Waals surface area (Å²) in [5.74, 6) is 0. The van der Waals surface area contributed by atoms with Gasteiger partial charge in [-0.2, -0.15) is 0 Å². The number of rotatable bonds is 8. The highest BCUT2D eigenvalue weighted by Gasteiger charge is 2.13. The molecule has 0 aliphatic carbocycles. The number of halogens is 1. The van der Waals surface area contributed by atoms with Crippen molar-refractivity contribution >= 4 is 21.6 Å². The van der Waals surface area contributed by atoms with Crippen LogP contribution in [0.15, 0.2) is 17.3 Å². The van der Waals surface area contributed by atoms with Crippen LogP contribution in [-0.4, -0.2) is 38.6 Å². The van der Waals surface area contributed by atoms with Crippen molar-refractivity contribution in [2.75, 3.05) is 20.3 Å². The first kappa shape index (κ1) is 15.3. The Morgan fingerprint density at radius 1 is 1.28 bits per heavy atom. The third-order valence-corrected chi connectivity index (χ3v) is 3.84. The Morgan fingerprint density at radius 2 is 1.94 bits per heavy atom. The average molecular weight is 294 g/mol. The first-order chi connectivity index (χ1) is 8.56. The molecule has 0 aliphatic heterocycles. The second kappa shape index (κ2) is 7.63. The van der Waals surface area contributed by atoms with Gasteiger partial charge in [-0.15, -0.1) is 0 Å². The van der Waals surface area contributed by atoms with E-state index in [-0.39, 0.29) is 10.2 Å². The van der Waals surface area contributed by atoms with Crippen LogP contribution in [0.2, 0.25) is 5.28 Å². The highest BCUT2D eigenvalue weighted by atomic mass is 35.5. The Hall–Kier alpha value is -0.760. The van der Waals surface area contributed by atoms with Gasteiger partial charge in [0.1, 0.15) is 4.90 Å². The number of hydrogen-bond acceptors (Lipinski definition) is 5. The molecule has 0 amide bonds. The zero-order valence-corrected chi connectivity index (χ0v) is 11.7. The van der Waals surface area contributed by atoms with E-state index >= 15 is 0 Å². The van der Waals surface area contributed by atoms with E-state index in [9.17, 15) is 8.42 Å². The van der Waals surface area contributed by atoms with Crippen LogP contribution in [0.3, 0.4) is 0 Å². The first-order valence-electron chi connectivity index (χ1n) is 5.52. The Bertz CT molecular complexity index is 450. The maximum absolute atomic E-state index is 11.8. The van der Waals surface area contributed by atoms with E-state index in [2.05, 4.69) is 14.7 Å². The maximum atomic E-state index is 11.8. The van der Waals surface area contributed by atoms with E-state index in [1.165, 1.54) is 12.4 Å². The molecule has 1 N–H and O–H groups in total. The van der Waals surface area contributed by atoms with Crippen LogP contribution >= 0.6 is 11.6 Å². The number of ether oxygens (including phenoxy) is 1. The minimum Gasteiger partial charge on any atom is -0.385 e. The molecule has 0 saturated carbocycles. The molecular weight excluding hydrogens is 278 g/mol. The molecule has 1 aromatic rings. The lowest BCUT2D eigenvalue weighted by Gasteiger charge is -2.05. The molecule has 8 heteroatoms. The highest BCUT2D eigenvalue weighted by Crippen LogP contribution is 2.07. The molecule has 0 radical (unpaired) electrons. The summed E-state index contributed by atoms with van der Waals surface area (Å²) in [7, 11) is -1.89. The monoisotopic (exact) mass is 293 g/mol. The Labute approximate surface area is 112 Å². The molecule has 18 heavy (non-hydrogen) atoms. The van der Waals surface area contributed by atoms with E-state index in [1.54, 1.807) is 7.11 Å². The number of nitrogens with one attached hydrogen (secondary N) is 1. The van der Waals surface area contributed by atoms with E-state index < -0.39 is 10.0 Å². The third kappa shape index (κ3) is 5.26. The zero-order chi connectivity index (χ0) is 13.4. The number of aromatic nitrogens is 2. The highest BCUT2D eigenvalue weighted by molar-refractivity contribution is 7.89. The zero-order valence-electron chi connectivity index (χ0n) is 10.1. The molecule has 0 fully saturated rings. The summed E-state index contributed by atoms with van der Waals surface area (Å²) >= 11 is 5.49. The summed E-state index contributed by atoms with van der Waals surface area (Å²) in [6.45, 7) is 1.08. The van der Waals surface area contributed by atoms with Crippen molar-refractivity contribution in [3.63, 3.8) is 0 Å². The summed E-state index contributed by atoms with van der Waals surface area (Å²) in [4.78, 5) is 7.28. The average Bonchev–Trinajstić information content (AvgIpc) is 2.34. The Morgan fingerprint density at radius 3 is 2.56 bits per heavy atom. The van der Waals surface area contributed by atoms with Crippen molar-refractivity contribution in [1.82, 2.24) is 14.7 Å². The molecule has 1 aromatic heterocycles. The van der Waals surface area contributed by atoms with Crippen molar-refractivity contribution < 1.29 is 13.2 Å². The van der Waals surface area contributed by atoms with E-state index in [0.717, 1.165) is 19.3 Å². The molecule has 1 rings (SSSR count). The number of unbranched alkanes of at least 4 members (excludes halogenated alkanes) is 2. The van der Waals surface area contributed by atoms with Crippen molar-refractivity contribution in [1.29, 1.82) is 0 Å². The van der Waals surface area contributed by atoms with Crippen LogP contribution in [-0.2, 0) is 14.8 Å². The van der Waals surface area contributed by atoms with Gasteiger partial charge >= 0.3 is 0 Å². The van der Waals surface area contributed by atoms with Crippen molar-refractivity contribution in [3.05, 3.63) is 17.7 Å². The number of methoxy groups -OCH3 is 1. The second-order valence-electron chi connectivity index (χ2n) is 3.64. The summed E-state index contributed by atoms with van der Waals surface area (Å²) < 4.78 is 30.9. The minimum atomic E-state index is -3.53. The molecule has 0 atom stereocenters. The lowest BCUT2D eigenvalue weighted by atomic mass is 10.2. The lowest BCUT2D eigenvalue weighted by Crippen LogP contribution is -2.25. The lowest BCUT2D eigenvalue weighted by molar-refractivity contribution is 0.192. The number of nitrogens with zero attached hydrogens (tertiary/aromatic N) is 2. The summed E-state index contributed by atoms with van der Waals surface area (Å²) in [5, 5.41) is 0.0218. The topological polar surface area (TPSA) is 81.2 Å². The van der Waals surface area contributed by atoms with Gasteiger partial charge in [-0.1, -0.05) is 0 Å². The SMILES string of the molecule is COCCCCCNS(=O)(=O)c1cnc(Cl)nc1. The summed E-state index contributed by atoms with van der Waals surface area (Å²) in [6, 6.07) is 0. The number of hydrogen-bond donors (Lipinski definition) is 1. The molecule has 0 unspecified atom stereocenters. The molecule has 0 aromatic carbocycles. The van der Waals surface area contributed by atoms with Gasteiger partial charge in [-0.3, -0.25) is 0 Å². The first-order valence-corrected chi connectivity index (χ1v) is 7.38. The van der Waals surface area contributed by atoms with Gasteiger partial charge in [0.25, 0.3) is 0 Å². The maximum Gasteiger partial charge on any atom is 0.243 e. The fourth-order valence-corrected chi connectivity index (χ4v) is 2.34. The van der Waals surface area contributed by atoms with Gasteiger partial charge in [0.05, 0.1) is 12.4 Å². The smallest absolute Gasteiger partial charge is 0.243 e. The van der Waals surface area contributed by atoms with Crippen LogP contribution in [0, 0.1) is 0 Å². The number of sulfonamides is 1. The van der Waals surface area contributed by atoms with Crippen LogP contribution in [0.25, 0.3) is 0 Å². The quantitative estimate of drug-likeness (QED) is 0.576. The van der Waals surface area contributed by atoms with Crippen molar-refractivity contribution in [2.45, 2.75) is 24.2 Å². The van der Waals surface area contributed by atoms with Crippen LogP contribution in [0.1, 0.15) is 19.3 Å². The van der Waals surface area contributed by atoms with E-state index in [0.29, 0.717) is 13.2 Å². The molecule has 0 aliphatic rings. The summed E-state index contributed by atoms with van der Waals surface area (Å²) in [5.41, 5.74) is 0. The standard InChI is InChI=1S/C10H16ClN3O3S/c1-17-6-4-2-3-5-14-18(15,16)9-7-12-10(11)13-8-9/h7-8,14H,2-6H2,1H3. The molecule has 102 valence electrons. The molecular formula is C10H16ClN3O3S. The van der Waals surface area contributed by atoms with Gasteiger partial charge in [-0.05, 0) is 30.9 Å². The molecule has 0 bridgehead atoms. The third-order valence-electron chi connectivity index (χ3n) is 2.22. The van der Waals surface area contributed by atoms with Gasteiger partial charge in [0, 0.05) is 20.3 Å². The van der Waals surface area contributed by atoms with Gasteiger partial charge < -0.3 is 4.74 Å². The second-order valence-corrected chi connectivity index (χ2v) is 5.74. The Kier molecular flexibility index (Phi) is 6.48. The van der Waals surface area contributed by atoms with Crippen molar-refractivity contribution in [3.8, 4) is 0 Å². The van der Waals surface area contributed by atoms with Crippen LogP contribution in [0.4, 0.5) is 0 Å². The fourth-order valence-electron chi connectivity index (χ4n) is 1.28. The van der Waals surface area contributed by atoms with E-state index in [1.807, 2.05) is 0 Å². The largest absolute Gasteiger partial charge is 0.385 e. The predicted molar refractivity (Wildman–Crippen MR) is 68.0 cm³/mol. The normalized spacial score (nSPS) is 11.7. The van der Waals surface area contributed by atoms with Gasteiger partial charge in [0.2, 0.25) is 15.3 Å². The molecule has 1 heterocycles. The molecule has 0 spiro atoms. The van der Waals surface area contributed by atoms with E-state index in [4.69, 9.17) is 16.3 Å². The minimum absolute atomic E-state index is 0.0174. The Balaban J connectivity index is 2.38. The van der Waals surface area contributed by atoms with Crippen LogP contribution < -0.4 is 4.72 Å². The van der Waals surface area contributed by atoms with Gasteiger partial charge in [0.15, 0.2) is 0 Å². The molecule has 0 saturated heterocycles. The fraction of sp³-hybridized carbons (Fsp3) is 0.600.